The summed E-state index contributed by atoms with van der Waals surface area (Å²) in [6, 6.07) is 0. The Hall–Kier alpha value is -0.630. The molecule has 0 spiro atoms. The van der Waals surface area contributed by atoms with E-state index in [1.807, 2.05) is 0 Å². The summed E-state index contributed by atoms with van der Waals surface area (Å²) in [6.07, 6.45) is 38.1. The highest BCUT2D eigenvalue weighted by atomic mass is 16.1. The molecule has 0 aromatic carbocycles. The van der Waals surface area contributed by atoms with Crippen molar-refractivity contribution in [2.45, 2.75) is 235 Å². The number of nitrogens with zero attached hydrogens (tertiary/aromatic N) is 1. The van der Waals surface area contributed by atoms with E-state index in [9.17, 15) is 4.79 Å². The maximum atomic E-state index is 12.0. The summed E-state index contributed by atoms with van der Waals surface area (Å²) >= 11 is 0. The highest BCUT2D eigenvalue weighted by molar-refractivity contribution is 5.78. The van der Waals surface area contributed by atoms with E-state index in [2.05, 4.69) is 59.9 Å². The van der Waals surface area contributed by atoms with Crippen LogP contribution < -0.4 is 0 Å². The molecule has 0 fully saturated rings. The number of unbranched alkanes of at least 4 members (excludes halogenated alkanes) is 16. The second-order valence-electron chi connectivity index (χ2n) is 14.9. The third-order valence-electron chi connectivity index (χ3n) is 10.2. The van der Waals surface area contributed by atoms with Crippen LogP contribution in [0.5, 0.6) is 0 Å². The maximum Gasteiger partial charge on any atom is 0.133 e. The number of allylic oxidation sites excluding steroid dienone is 1. The fourth-order valence-corrected chi connectivity index (χ4v) is 6.60. The van der Waals surface area contributed by atoms with E-state index in [-0.39, 0.29) is 0 Å². The summed E-state index contributed by atoms with van der Waals surface area (Å²) in [5.74, 6) is 2.08. The van der Waals surface area contributed by atoms with Gasteiger partial charge in [0, 0.05) is 12.8 Å². The lowest BCUT2D eigenvalue weighted by Gasteiger charge is -2.21. The first-order chi connectivity index (χ1) is 22.4. The standard InChI is InChI=1S/C26H51NO.C18H38/c1-6-20-27(22-17-15-18-24(5)7-2)21-16-13-11-10-12-14-19-26(28)23-25(8-3)9-4;1-4-6-8-10-12-14-16-18(3)17-15-13-11-9-7-5-2/h25H,5-23H2,1-4H3;18H,4-17H2,1-3H3. The number of ketones is 1. The Balaban J connectivity index is 0. The van der Waals surface area contributed by atoms with Crippen molar-refractivity contribution in [2.24, 2.45) is 11.8 Å². The summed E-state index contributed by atoms with van der Waals surface area (Å²) in [5, 5.41) is 0. The topological polar surface area (TPSA) is 20.3 Å². The van der Waals surface area contributed by atoms with E-state index in [1.165, 1.54) is 173 Å². The molecule has 2 nitrogen and oxygen atoms in total. The summed E-state index contributed by atoms with van der Waals surface area (Å²) < 4.78 is 0. The first-order valence-electron chi connectivity index (χ1n) is 21.3. The molecule has 0 N–H and O–H groups in total. The highest BCUT2D eigenvalue weighted by Gasteiger charge is 2.10. The lowest BCUT2D eigenvalue weighted by atomic mass is 9.95. The monoisotopic (exact) mass is 648 g/mol. The number of hydrogen-bond acceptors (Lipinski definition) is 2. The average molecular weight is 648 g/mol. The average Bonchev–Trinajstić information content (AvgIpc) is 3.06. The minimum absolute atomic E-state index is 0.492. The molecule has 276 valence electrons. The van der Waals surface area contributed by atoms with Crippen LogP contribution in [0.15, 0.2) is 12.2 Å². The van der Waals surface area contributed by atoms with Crippen molar-refractivity contribution in [1.82, 2.24) is 4.90 Å². The van der Waals surface area contributed by atoms with Gasteiger partial charge >= 0.3 is 0 Å². The molecule has 0 heterocycles. The van der Waals surface area contributed by atoms with Crippen molar-refractivity contribution in [3.05, 3.63) is 12.2 Å². The molecule has 0 aliphatic rings. The van der Waals surface area contributed by atoms with Gasteiger partial charge in [0.2, 0.25) is 0 Å². The zero-order valence-electron chi connectivity index (χ0n) is 33.3. The van der Waals surface area contributed by atoms with Gasteiger partial charge in [-0.15, -0.1) is 0 Å². The molecule has 0 unspecified atom stereocenters. The van der Waals surface area contributed by atoms with Crippen LogP contribution in [0.2, 0.25) is 0 Å². The van der Waals surface area contributed by atoms with Gasteiger partial charge in [-0.05, 0) is 76.4 Å². The molecule has 0 aromatic heterocycles. The van der Waals surface area contributed by atoms with Crippen LogP contribution >= 0.6 is 0 Å². The first-order valence-corrected chi connectivity index (χ1v) is 21.3. The molecule has 0 rings (SSSR count). The molecule has 0 radical (unpaired) electrons. The van der Waals surface area contributed by atoms with Crippen LogP contribution in [0.4, 0.5) is 0 Å². The molecule has 0 aliphatic carbocycles. The third-order valence-corrected chi connectivity index (χ3v) is 10.2. The second-order valence-corrected chi connectivity index (χ2v) is 14.9. The lowest BCUT2D eigenvalue weighted by molar-refractivity contribution is -0.120. The van der Waals surface area contributed by atoms with Crippen LogP contribution in [0.3, 0.4) is 0 Å². The largest absolute Gasteiger partial charge is 0.303 e. The van der Waals surface area contributed by atoms with Crippen molar-refractivity contribution in [3.63, 3.8) is 0 Å². The van der Waals surface area contributed by atoms with Crippen molar-refractivity contribution >= 4 is 5.78 Å². The Bertz CT molecular complexity index is 593. The predicted molar refractivity (Wildman–Crippen MR) is 211 cm³/mol. The molecule has 0 saturated heterocycles. The molecule has 0 amide bonds. The molecule has 0 bridgehead atoms. The Morgan fingerprint density at radius 3 is 1.43 bits per heavy atom. The molecule has 0 aromatic rings. The molecule has 0 atom stereocenters. The minimum atomic E-state index is 0.492. The summed E-state index contributed by atoms with van der Waals surface area (Å²) in [5.41, 5.74) is 1.40. The van der Waals surface area contributed by atoms with Gasteiger partial charge in [0.05, 0.1) is 0 Å². The predicted octanol–water partition coefficient (Wildman–Crippen LogP) is 15.1. The molecular weight excluding hydrogens is 558 g/mol. The maximum absolute atomic E-state index is 12.0. The van der Waals surface area contributed by atoms with Crippen molar-refractivity contribution in [2.75, 3.05) is 19.6 Å². The van der Waals surface area contributed by atoms with Gasteiger partial charge in [0.1, 0.15) is 5.78 Å². The van der Waals surface area contributed by atoms with E-state index in [1.54, 1.807) is 0 Å². The van der Waals surface area contributed by atoms with Crippen LogP contribution in [0.25, 0.3) is 0 Å². The molecule has 0 aliphatic heterocycles. The first kappa shape index (κ1) is 47.5. The zero-order valence-corrected chi connectivity index (χ0v) is 33.3. The van der Waals surface area contributed by atoms with E-state index >= 15 is 0 Å². The molecule has 0 saturated carbocycles. The van der Waals surface area contributed by atoms with E-state index in [0.29, 0.717) is 11.7 Å². The second kappa shape index (κ2) is 38.8. The summed E-state index contributed by atoms with van der Waals surface area (Å²) in [7, 11) is 0. The fraction of sp³-hybridized carbons (Fsp3) is 0.932. The van der Waals surface area contributed by atoms with Crippen molar-refractivity contribution in [1.29, 1.82) is 0 Å². The van der Waals surface area contributed by atoms with Gasteiger partial charge in [-0.2, -0.15) is 0 Å². The zero-order chi connectivity index (χ0) is 34.5. The van der Waals surface area contributed by atoms with E-state index in [0.717, 1.165) is 44.4 Å². The Morgan fingerprint density at radius 2 is 0.957 bits per heavy atom. The van der Waals surface area contributed by atoms with Gasteiger partial charge in [-0.25, -0.2) is 0 Å². The van der Waals surface area contributed by atoms with Crippen LogP contribution in [0.1, 0.15) is 235 Å². The van der Waals surface area contributed by atoms with Gasteiger partial charge in [-0.1, -0.05) is 189 Å². The van der Waals surface area contributed by atoms with Crippen molar-refractivity contribution < 1.29 is 4.79 Å². The van der Waals surface area contributed by atoms with Crippen molar-refractivity contribution in [3.8, 4) is 0 Å². The normalized spacial score (nSPS) is 11.4. The van der Waals surface area contributed by atoms with Crippen LogP contribution in [-0.4, -0.2) is 30.3 Å². The third kappa shape index (κ3) is 36.2. The van der Waals surface area contributed by atoms with E-state index in [4.69, 9.17) is 0 Å². The SMILES string of the molecule is C=C(CC)CCCCN(CCC)CCCCCCCCC(=O)CC(CC)CC.CCCCCCCCC(C)CCCCCCCC. The molecular formula is C44H89NO. The Morgan fingerprint density at radius 1 is 0.522 bits per heavy atom. The van der Waals surface area contributed by atoms with Gasteiger partial charge in [0.15, 0.2) is 0 Å². The summed E-state index contributed by atoms with van der Waals surface area (Å²) in [4.78, 5) is 14.7. The fourth-order valence-electron chi connectivity index (χ4n) is 6.60. The molecule has 46 heavy (non-hydrogen) atoms. The summed E-state index contributed by atoms with van der Waals surface area (Å²) in [6.45, 7) is 23.8. The van der Waals surface area contributed by atoms with Gasteiger partial charge < -0.3 is 4.90 Å². The molecule has 2 heteroatoms. The Labute approximate surface area is 293 Å². The smallest absolute Gasteiger partial charge is 0.133 e. The highest BCUT2D eigenvalue weighted by Crippen LogP contribution is 2.19. The van der Waals surface area contributed by atoms with Gasteiger partial charge in [-0.3, -0.25) is 4.79 Å². The number of carbonyl (C=O) groups excluding carboxylic acids is 1. The van der Waals surface area contributed by atoms with Crippen LogP contribution in [-0.2, 0) is 4.79 Å². The Kier molecular flexibility index (Phi) is 40.1. The lowest BCUT2D eigenvalue weighted by Crippen LogP contribution is -2.27. The van der Waals surface area contributed by atoms with Crippen LogP contribution in [0, 0.1) is 11.8 Å². The number of carbonyl (C=O) groups is 1. The number of rotatable bonds is 35. The number of Topliss-reactive ketones (excluding diaryl/α,β-unsaturated/α-hetero) is 1. The van der Waals surface area contributed by atoms with Gasteiger partial charge in [0.25, 0.3) is 0 Å². The number of hydrogen-bond donors (Lipinski definition) is 0. The quantitative estimate of drug-likeness (QED) is 0.0504. The van der Waals surface area contributed by atoms with E-state index < -0.39 is 0 Å². The minimum Gasteiger partial charge on any atom is -0.303 e.